The lowest BCUT2D eigenvalue weighted by Gasteiger charge is -2.18. The summed E-state index contributed by atoms with van der Waals surface area (Å²) in [5.41, 5.74) is 2.03. The van der Waals surface area contributed by atoms with Crippen molar-refractivity contribution in [1.82, 2.24) is 5.32 Å². The third-order valence-corrected chi connectivity index (χ3v) is 5.46. The first-order valence-electron chi connectivity index (χ1n) is 9.67. The van der Waals surface area contributed by atoms with Gasteiger partial charge in [0.25, 0.3) is 5.91 Å². The molecule has 0 bridgehead atoms. The molecule has 0 radical (unpaired) electrons. The van der Waals surface area contributed by atoms with E-state index in [1.807, 2.05) is 48.5 Å². The Balaban J connectivity index is 1.98. The van der Waals surface area contributed by atoms with E-state index in [1.165, 1.54) is 14.2 Å². The van der Waals surface area contributed by atoms with Crippen molar-refractivity contribution >= 4 is 44.5 Å². The second-order valence-electron chi connectivity index (χ2n) is 6.88. The Kier molecular flexibility index (Phi) is 7.41. The van der Waals surface area contributed by atoms with Gasteiger partial charge in [-0.1, -0.05) is 58.4 Å². The van der Waals surface area contributed by atoms with Crippen molar-refractivity contribution in [2.24, 2.45) is 0 Å². The maximum Gasteiger partial charge on any atom is 0.328 e. The first-order chi connectivity index (χ1) is 14.9. The molecule has 160 valence electrons. The number of halogens is 1. The van der Waals surface area contributed by atoms with Gasteiger partial charge in [-0.3, -0.25) is 9.59 Å². The third-order valence-electron chi connectivity index (χ3n) is 4.96. The average molecular weight is 484 g/mol. The molecule has 0 fully saturated rings. The van der Waals surface area contributed by atoms with E-state index in [1.54, 1.807) is 12.1 Å². The largest absolute Gasteiger partial charge is 0.469 e. The number of nitrogens with one attached hydrogen (secondary N) is 1. The number of esters is 2. The standard InChI is InChI=1S/C24H22BrNO5/c1-30-22(27)13-12-21(24(29)31-2)26-23(28)19-11-10-16(25)14-20(19)18-9-5-7-15-6-3-4-8-17(15)18/h3-11,14,21H,12-13H2,1-2H3,(H,26,28). The highest BCUT2D eigenvalue weighted by molar-refractivity contribution is 9.10. The molecule has 7 heteroatoms. The van der Waals surface area contributed by atoms with Crippen molar-refractivity contribution in [2.75, 3.05) is 14.2 Å². The monoisotopic (exact) mass is 483 g/mol. The molecule has 3 aromatic carbocycles. The minimum Gasteiger partial charge on any atom is -0.469 e. The van der Waals surface area contributed by atoms with Gasteiger partial charge in [0.1, 0.15) is 6.04 Å². The fourth-order valence-corrected chi connectivity index (χ4v) is 3.75. The molecule has 0 saturated carbocycles. The van der Waals surface area contributed by atoms with Gasteiger partial charge in [-0.05, 0) is 46.5 Å². The molecule has 0 spiro atoms. The van der Waals surface area contributed by atoms with Crippen LogP contribution in [0.2, 0.25) is 0 Å². The van der Waals surface area contributed by atoms with E-state index in [4.69, 9.17) is 4.74 Å². The summed E-state index contributed by atoms with van der Waals surface area (Å²) < 4.78 is 10.2. The van der Waals surface area contributed by atoms with Crippen molar-refractivity contribution in [3.63, 3.8) is 0 Å². The van der Waals surface area contributed by atoms with E-state index in [0.29, 0.717) is 5.56 Å². The summed E-state index contributed by atoms with van der Waals surface area (Å²) >= 11 is 3.48. The van der Waals surface area contributed by atoms with Gasteiger partial charge >= 0.3 is 11.9 Å². The second-order valence-corrected chi connectivity index (χ2v) is 7.80. The molecule has 1 atom stereocenters. The number of carbonyl (C=O) groups is 3. The molecule has 1 unspecified atom stereocenters. The van der Waals surface area contributed by atoms with Crippen molar-refractivity contribution in [2.45, 2.75) is 18.9 Å². The van der Waals surface area contributed by atoms with Crippen LogP contribution in [0.25, 0.3) is 21.9 Å². The zero-order valence-corrected chi connectivity index (χ0v) is 18.8. The molecule has 0 aliphatic carbocycles. The third kappa shape index (κ3) is 5.30. The molecule has 1 N–H and O–H groups in total. The molecule has 31 heavy (non-hydrogen) atoms. The van der Waals surface area contributed by atoms with Crippen LogP contribution < -0.4 is 5.32 Å². The topological polar surface area (TPSA) is 81.7 Å². The smallest absolute Gasteiger partial charge is 0.328 e. The van der Waals surface area contributed by atoms with E-state index in [2.05, 4.69) is 26.0 Å². The Bertz CT molecular complexity index is 1120. The van der Waals surface area contributed by atoms with Crippen LogP contribution in [0, 0.1) is 0 Å². The number of methoxy groups -OCH3 is 2. The average Bonchev–Trinajstić information content (AvgIpc) is 2.80. The molecule has 0 aliphatic heterocycles. The lowest BCUT2D eigenvalue weighted by atomic mass is 9.94. The number of amides is 1. The van der Waals surface area contributed by atoms with Gasteiger partial charge in [0, 0.05) is 16.5 Å². The van der Waals surface area contributed by atoms with E-state index in [0.717, 1.165) is 26.4 Å². The van der Waals surface area contributed by atoms with Crippen LogP contribution in [0.5, 0.6) is 0 Å². The Morgan fingerprint density at radius 3 is 2.42 bits per heavy atom. The maximum atomic E-state index is 13.2. The van der Waals surface area contributed by atoms with Crippen molar-refractivity contribution < 1.29 is 23.9 Å². The van der Waals surface area contributed by atoms with Gasteiger partial charge < -0.3 is 14.8 Å². The van der Waals surface area contributed by atoms with Crippen LogP contribution in [0.3, 0.4) is 0 Å². The van der Waals surface area contributed by atoms with Gasteiger partial charge in [-0.2, -0.15) is 0 Å². The minimum absolute atomic E-state index is 0.0208. The second kappa shape index (κ2) is 10.2. The van der Waals surface area contributed by atoms with Gasteiger partial charge in [0.2, 0.25) is 0 Å². The fraction of sp³-hybridized carbons (Fsp3) is 0.208. The molecule has 0 aliphatic rings. The first kappa shape index (κ1) is 22.5. The number of benzene rings is 3. The summed E-state index contributed by atoms with van der Waals surface area (Å²) in [7, 11) is 2.51. The highest BCUT2D eigenvalue weighted by atomic mass is 79.9. The van der Waals surface area contributed by atoms with E-state index >= 15 is 0 Å². The molecule has 3 aromatic rings. The zero-order valence-electron chi connectivity index (χ0n) is 17.2. The Morgan fingerprint density at radius 2 is 1.68 bits per heavy atom. The van der Waals surface area contributed by atoms with E-state index < -0.39 is 23.9 Å². The number of fused-ring (bicyclic) bond motifs is 1. The van der Waals surface area contributed by atoms with Gasteiger partial charge in [0.15, 0.2) is 0 Å². The predicted octanol–water partition coefficient (Wildman–Crippen LogP) is 4.49. The van der Waals surface area contributed by atoms with Crippen molar-refractivity contribution in [3.05, 3.63) is 70.7 Å². The summed E-state index contributed by atoms with van der Waals surface area (Å²) in [5, 5.41) is 4.76. The molecular formula is C24H22BrNO5. The lowest BCUT2D eigenvalue weighted by Crippen LogP contribution is -2.42. The number of rotatable bonds is 7. The maximum absolute atomic E-state index is 13.2. The molecule has 0 heterocycles. The first-order valence-corrected chi connectivity index (χ1v) is 10.5. The number of carbonyl (C=O) groups excluding carboxylic acids is 3. The molecular weight excluding hydrogens is 462 g/mol. The molecule has 1 amide bonds. The number of hydrogen-bond acceptors (Lipinski definition) is 5. The van der Waals surface area contributed by atoms with Gasteiger partial charge in [-0.25, -0.2) is 4.79 Å². The van der Waals surface area contributed by atoms with Crippen molar-refractivity contribution in [1.29, 1.82) is 0 Å². The molecule has 3 rings (SSSR count). The Morgan fingerprint density at radius 1 is 0.935 bits per heavy atom. The highest BCUT2D eigenvalue weighted by Crippen LogP contribution is 2.33. The summed E-state index contributed by atoms with van der Waals surface area (Å²) in [6, 6.07) is 18.2. The normalized spacial score (nSPS) is 11.6. The van der Waals surface area contributed by atoms with Crippen LogP contribution in [-0.4, -0.2) is 38.1 Å². The summed E-state index contributed by atoms with van der Waals surface area (Å²) in [5.74, 6) is -1.53. The number of ether oxygens (including phenoxy) is 2. The van der Waals surface area contributed by atoms with Crippen molar-refractivity contribution in [3.8, 4) is 11.1 Å². The zero-order chi connectivity index (χ0) is 22.4. The highest BCUT2D eigenvalue weighted by Gasteiger charge is 2.25. The minimum atomic E-state index is -0.972. The summed E-state index contributed by atoms with van der Waals surface area (Å²) in [6.45, 7) is 0. The summed E-state index contributed by atoms with van der Waals surface area (Å²) in [4.78, 5) is 36.8. The van der Waals surface area contributed by atoms with Crippen LogP contribution in [-0.2, 0) is 19.1 Å². The Labute approximate surface area is 188 Å². The fourth-order valence-electron chi connectivity index (χ4n) is 3.39. The summed E-state index contributed by atoms with van der Waals surface area (Å²) in [6.07, 6.45) is 0.0538. The van der Waals surface area contributed by atoms with Crippen LogP contribution in [0.1, 0.15) is 23.2 Å². The van der Waals surface area contributed by atoms with Crippen LogP contribution in [0.4, 0.5) is 0 Å². The van der Waals surface area contributed by atoms with E-state index in [9.17, 15) is 14.4 Å². The Hall–Kier alpha value is -3.19. The molecule has 6 nitrogen and oxygen atoms in total. The number of hydrogen-bond donors (Lipinski definition) is 1. The van der Waals surface area contributed by atoms with E-state index in [-0.39, 0.29) is 12.8 Å². The predicted molar refractivity (Wildman–Crippen MR) is 122 cm³/mol. The van der Waals surface area contributed by atoms with Crippen LogP contribution in [0.15, 0.2) is 65.1 Å². The molecule has 0 saturated heterocycles. The molecule has 0 aromatic heterocycles. The van der Waals surface area contributed by atoms with Gasteiger partial charge in [-0.15, -0.1) is 0 Å². The van der Waals surface area contributed by atoms with Crippen LogP contribution >= 0.6 is 15.9 Å². The SMILES string of the molecule is COC(=O)CCC(NC(=O)c1ccc(Br)cc1-c1cccc2ccccc12)C(=O)OC. The van der Waals surface area contributed by atoms with Gasteiger partial charge in [0.05, 0.1) is 14.2 Å². The quantitative estimate of drug-likeness (QED) is 0.500. The lowest BCUT2D eigenvalue weighted by molar-refractivity contribution is -0.144.